The Morgan fingerprint density at radius 2 is 1.80 bits per heavy atom. The van der Waals surface area contributed by atoms with Gasteiger partial charge in [-0.25, -0.2) is 14.4 Å². The summed E-state index contributed by atoms with van der Waals surface area (Å²) in [6.07, 6.45) is 3.25. The Kier molecular flexibility index (Phi) is 2.71. The van der Waals surface area contributed by atoms with Crippen LogP contribution in [-0.4, -0.2) is 14.5 Å². The van der Waals surface area contributed by atoms with E-state index in [0.717, 1.165) is 16.7 Å². The zero-order valence-corrected chi connectivity index (χ0v) is 11.6. The molecule has 5 heteroatoms. The van der Waals surface area contributed by atoms with Crippen LogP contribution in [-0.2, 0) is 7.05 Å². The number of nitrogens with zero attached hydrogens (tertiary/aromatic N) is 3. The molecule has 0 aliphatic heterocycles. The van der Waals surface area contributed by atoms with Crippen LogP contribution in [0, 0.1) is 19.7 Å². The normalized spacial score (nSPS) is 11.2. The summed E-state index contributed by atoms with van der Waals surface area (Å²) in [5, 5.41) is 0.692. The molecule has 3 rings (SSSR count). The average molecular weight is 270 g/mol. The highest BCUT2D eigenvalue weighted by Crippen LogP contribution is 2.34. The molecule has 1 aromatic carbocycles. The number of nitrogen functional groups attached to an aromatic ring is 1. The molecule has 2 aromatic heterocycles. The molecule has 0 aliphatic carbocycles. The Bertz CT molecular complexity index is 820. The molecule has 0 amide bonds. The number of aromatic nitrogens is 3. The fraction of sp³-hybridized carbons (Fsp3) is 0.200. The first-order valence-corrected chi connectivity index (χ1v) is 6.31. The van der Waals surface area contributed by atoms with Gasteiger partial charge in [0.25, 0.3) is 0 Å². The molecule has 0 bridgehead atoms. The van der Waals surface area contributed by atoms with Gasteiger partial charge >= 0.3 is 0 Å². The molecule has 3 aromatic rings. The van der Waals surface area contributed by atoms with E-state index in [1.165, 1.54) is 6.33 Å². The summed E-state index contributed by atoms with van der Waals surface area (Å²) in [5.74, 6) is 0.104. The predicted octanol–water partition coefficient (Wildman–Crippen LogP) is 2.97. The van der Waals surface area contributed by atoms with E-state index in [2.05, 4.69) is 9.97 Å². The predicted molar refractivity (Wildman–Crippen MR) is 77.8 cm³/mol. The van der Waals surface area contributed by atoms with Crippen molar-refractivity contribution >= 4 is 16.9 Å². The fourth-order valence-corrected chi connectivity index (χ4v) is 2.43. The van der Waals surface area contributed by atoms with Crippen molar-refractivity contribution < 1.29 is 4.39 Å². The molecule has 0 atom stereocenters. The van der Waals surface area contributed by atoms with Crippen molar-refractivity contribution in [1.82, 2.24) is 14.5 Å². The van der Waals surface area contributed by atoms with Gasteiger partial charge in [-0.05, 0) is 37.1 Å². The third-order valence-electron chi connectivity index (χ3n) is 3.66. The molecule has 102 valence electrons. The lowest BCUT2D eigenvalue weighted by Crippen LogP contribution is -1.95. The monoisotopic (exact) mass is 270 g/mol. The van der Waals surface area contributed by atoms with Crippen LogP contribution in [0.3, 0.4) is 0 Å². The molecule has 0 unspecified atom stereocenters. The summed E-state index contributed by atoms with van der Waals surface area (Å²) >= 11 is 0. The van der Waals surface area contributed by atoms with E-state index in [-0.39, 0.29) is 5.82 Å². The van der Waals surface area contributed by atoms with Gasteiger partial charge in [0.1, 0.15) is 23.6 Å². The molecule has 4 nitrogen and oxygen atoms in total. The van der Waals surface area contributed by atoms with E-state index in [4.69, 9.17) is 5.73 Å². The number of anilines is 1. The molecular weight excluding hydrogens is 255 g/mol. The van der Waals surface area contributed by atoms with E-state index in [9.17, 15) is 4.39 Å². The van der Waals surface area contributed by atoms with Crippen molar-refractivity contribution in [3.63, 3.8) is 0 Å². The topological polar surface area (TPSA) is 56.7 Å². The van der Waals surface area contributed by atoms with Crippen LogP contribution >= 0.6 is 0 Å². The van der Waals surface area contributed by atoms with E-state index in [0.29, 0.717) is 22.4 Å². The van der Waals surface area contributed by atoms with Gasteiger partial charge in [-0.1, -0.05) is 0 Å². The number of hydrogen-bond acceptors (Lipinski definition) is 3. The summed E-state index contributed by atoms with van der Waals surface area (Å²) in [5.41, 5.74) is 9.85. The quantitative estimate of drug-likeness (QED) is 0.739. The largest absolute Gasteiger partial charge is 0.383 e. The van der Waals surface area contributed by atoms with Crippen molar-refractivity contribution in [1.29, 1.82) is 0 Å². The van der Waals surface area contributed by atoms with Crippen molar-refractivity contribution in [2.75, 3.05) is 5.73 Å². The zero-order chi connectivity index (χ0) is 14.4. The molecule has 0 fully saturated rings. The average Bonchev–Trinajstić information content (AvgIpc) is 2.73. The second kappa shape index (κ2) is 4.30. The smallest absolute Gasteiger partial charge is 0.145 e. The van der Waals surface area contributed by atoms with Gasteiger partial charge in [0.05, 0.1) is 5.39 Å². The lowest BCUT2D eigenvalue weighted by molar-refractivity contribution is 0.629. The summed E-state index contributed by atoms with van der Waals surface area (Å²) < 4.78 is 16.1. The first kappa shape index (κ1) is 12.6. The number of fused-ring (bicyclic) bond motifs is 1. The van der Waals surface area contributed by atoms with Crippen molar-refractivity contribution in [2.24, 2.45) is 7.05 Å². The molecule has 2 heterocycles. The second-order valence-corrected chi connectivity index (χ2v) is 5.03. The Hall–Kier alpha value is -2.43. The SMILES string of the molecule is Cc1cc(F)c(-c2cn(C)c3ncnc(N)c23)cc1C. The number of benzene rings is 1. The molecule has 0 saturated heterocycles. The second-order valence-electron chi connectivity index (χ2n) is 5.03. The van der Waals surface area contributed by atoms with Gasteiger partial charge in [0.2, 0.25) is 0 Å². The van der Waals surface area contributed by atoms with Gasteiger partial charge < -0.3 is 10.3 Å². The molecule has 0 spiro atoms. The first-order valence-electron chi connectivity index (χ1n) is 6.31. The maximum atomic E-state index is 14.3. The van der Waals surface area contributed by atoms with Crippen LogP contribution in [0.15, 0.2) is 24.7 Å². The van der Waals surface area contributed by atoms with Gasteiger partial charge in [-0.3, -0.25) is 0 Å². The molecular formula is C15H15FN4. The minimum atomic E-state index is -0.260. The lowest BCUT2D eigenvalue weighted by atomic mass is 10.00. The molecule has 0 aliphatic rings. The third kappa shape index (κ3) is 1.74. The Labute approximate surface area is 116 Å². The van der Waals surface area contributed by atoms with Crippen LogP contribution in [0.4, 0.5) is 10.2 Å². The number of nitrogens with two attached hydrogens (primary N) is 1. The molecule has 0 saturated carbocycles. The van der Waals surface area contributed by atoms with E-state index in [1.807, 2.05) is 37.7 Å². The Morgan fingerprint density at radius 1 is 1.10 bits per heavy atom. The van der Waals surface area contributed by atoms with Crippen molar-refractivity contribution in [3.05, 3.63) is 41.6 Å². The van der Waals surface area contributed by atoms with Gasteiger partial charge in [0, 0.05) is 24.4 Å². The third-order valence-corrected chi connectivity index (χ3v) is 3.66. The van der Waals surface area contributed by atoms with Crippen LogP contribution in [0.2, 0.25) is 0 Å². The van der Waals surface area contributed by atoms with Crippen LogP contribution in [0.5, 0.6) is 0 Å². The molecule has 0 radical (unpaired) electrons. The number of halogens is 1. The highest BCUT2D eigenvalue weighted by atomic mass is 19.1. The van der Waals surface area contributed by atoms with Crippen molar-refractivity contribution in [3.8, 4) is 11.1 Å². The maximum Gasteiger partial charge on any atom is 0.145 e. The van der Waals surface area contributed by atoms with Gasteiger partial charge in [-0.2, -0.15) is 0 Å². The first-order chi connectivity index (χ1) is 9.49. The number of aryl methyl sites for hydroxylation is 3. The highest BCUT2D eigenvalue weighted by Gasteiger charge is 2.16. The molecule has 20 heavy (non-hydrogen) atoms. The van der Waals surface area contributed by atoms with E-state index in [1.54, 1.807) is 6.07 Å². The Morgan fingerprint density at radius 3 is 2.55 bits per heavy atom. The van der Waals surface area contributed by atoms with Gasteiger partial charge in [0.15, 0.2) is 0 Å². The fourth-order valence-electron chi connectivity index (χ4n) is 2.43. The minimum Gasteiger partial charge on any atom is -0.383 e. The summed E-state index contributed by atoms with van der Waals surface area (Å²) in [6, 6.07) is 3.38. The summed E-state index contributed by atoms with van der Waals surface area (Å²) in [6.45, 7) is 3.85. The zero-order valence-electron chi connectivity index (χ0n) is 11.6. The minimum absolute atomic E-state index is 0.260. The van der Waals surface area contributed by atoms with Crippen LogP contribution in [0.1, 0.15) is 11.1 Å². The summed E-state index contributed by atoms with van der Waals surface area (Å²) in [7, 11) is 1.86. The highest BCUT2D eigenvalue weighted by molar-refractivity contribution is 6.00. The lowest BCUT2D eigenvalue weighted by Gasteiger charge is -2.07. The number of rotatable bonds is 1. The summed E-state index contributed by atoms with van der Waals surface area (Å²) in [4.78, 5) is 8.21. The maximum absolute atomic E-state index is 14.3. The standard InChI is InChI=1S/C15H15FN4/c1-8-4-10(12(16)5-9(8)2)11-6-20(3)15-13(11)14(17)18-7-19-15/h4-7H,1-3H3,(H2,17,18,19). The van der Waals surface area contributed by atoms with Crippen LogP contribution < -0.4 is 5.73 Å². The number of hydrogen-bond donors (Lipinski definition) is 1. The van der Waals surface area contributed by atoms with Crippen molar-refractivity contribution in [2.45, 2.75) is 13.8 Å². The van der Waals surface area contributed by atoms with E-state index >= 15 is 0 Å². The Balaban J connectivity index is 2.39. The van der Waals surface area contributed by atoms with Gasteiger partial charge in [-0.15, -0.1) is 0 Å². The molecule has 2 N–H and O–H groups in total. The van der Waals surface area contributed by atoms with E-state index < -0.39 is 0 Å². The van der Waals surface area contributed by atoms with Crippen LogP contribution in [0.25, 0.3) is 22.2 Å².